The van der Waals surface area contributed by atoms with Crippen molar-refractivity contribution in [2.75, 3.05) is 18.5 Å². The van der Waals surface area contributed by atoms with E-state index in [0.29, 0.717) is 13.2 Å². The van der Waals surface area contributed by atoms with Crippen LogP contribution in [0.15, 0.2) is 21.5 Å². The van der Waals surface area contributed by atoms with Gasteiger partial charge in [-0.25, -0.2) is 19.1 Å². The van der Waals surface area contributed by atoms with Gasteiger partial charge in [0.25, 0.3) is 0 Å². The molecule has 0 fully saturated rings. The lowest BCUT2D eigenvalue weighted by Gasteiger charge is -2.15. The number of carbonyl (C=O) groups excluding carboxylic acids is 1. The fraction of sp³-hybridized carbons (Fsp3) is 0.474. The molecule has 28 heavy (non-hydrogen) atoms. The first-order valence-electron chi connectivity index (χ1n) is 9.68. The summed E-state index contributed by atoms with van der Waals surface area (Å²) in [7, 11) is -3.55. The molecule has 3 aliphatic rings. The van der Waals surface area contributed by atoms with E-state index in [2.05, 4.69) is 20.7 Å². The van der Waals surface area contributed by atoms with E-state index in [0.717, 1.165) is 56.8 Å². The molecule has 0 saturated carbocycles. The van der Waals surface area contributed by atoms with Crippen molar-refractivity contribution < 1.29 is 18.7 Å². The Kier molecular flexibility index (Phi) is 5.11. The first-order valence-corrected chi connectivity index (χ1v) is 11.3. The minimum atomic E-state index is -3.55. The lowest BCUT2D eigenvalue weighted by molar-refractivity contribution is -0.476. The van der Waals surface area contributed by atoms with Crippen LogP contribution in [0.4, 0.5) is 10.5 Å². The summed E-state index contributed by atoms with van der Waals surface area (Å²) in [6.07, 6.45) is 7.97. The maximum atomic E-state index is 12.9. The Morgan fingerprint density at radius 1 is 1.18 bits per heavy atom. The van der Waals surface area contributed by atoms with E-state index in [9.17, 15) is 9.00 Å². The molecular weight excluding hydrogens is 378 g/mol. The Labute approximate surface area is 164 Å². The number of nitrogens with two attached hydrogens (primary N) is 2. The van der Waals surface area contributed by atoms with Crippen molar-refractivity contribution in [3.63, 3.8) is 0 Å². The number of anilines is 1. The summed E-state index contributed by atoms with van der Waals surface area (Å²) in [4.78, 5) is 15.6. The highest BCUT2D eigenvalue weighted by Crippen LogP contribution is 2.38. The van der Waals surface area contributed by atoms with Gasteiger partial charge in [0.15, 0.2) is 14.8 Å². The highest BCUT2D eigenvalue weighted by molar-refractivity contribution is 7.96. The SMILES string of the molecule is N/C=C(\C1=[NH+]CCCO1)S(N)(=O)=NC(=O)Nc1c2c(cc3c1CCC3)CCC2. The van der Waals surface area contributed by atoms with Crippen LogP contribution in [0.3, 0.4) is 0 Å². The average molecular weight is 405 g/mol. The normalized spacial score (nSPS) is 20.5. The zero-order valence-corrected chi connectivity index (χ0v) is 16.6. The lowest BCUT2D eigenvalue weighted by Crippen LogP contribution is -2.76. The summed E-state index contributed by atoms with van der Waals surface area (Å²) in [5.74, 6) is 0.222. The summed E-state index contributed by atoms with van der Waals surface area (Å²) < 4.78 is 22.2. The maximum absolute atomic E-state index is 12.9. The topological polar surface area (TPSA) is 134 Å². The van der Waals surface area contributed by atoms with Crippen molar-refractivity contribution >= 4 is 27.5 Å². The molecule has 0 saturated heterocycles. The Hall–Kier alpha value is -2.39. The molecule has 0 radical (unpaired) electrons. The van der Waals surface area contributed by atoms with Gasteiger partial charge < -0.3 is 15.8 Å². The molecule has 0 bridgehead atoms. The first-order chi connectivity index (χ1) is 13.5. The maximum Gasteiger partial charge on any atom is 0.381 e. The molecule has 6 N–H and O–H groups in total. The number of nitrogens with one attached hydrogen (secondary N) is 2. The van der Waals surface area contributed by atoms with Gasteiger partial charge in [-0.2, -0.15) is 0 Å². The van der Waals surface area contributed by atoms with Gasteiger partial charge in [0.05, 0.1) is 0 Å². The molecule has 1 aliphatic heterocycles. The second-order valence-electron chi connectivity index (χ2n) is 7.31. The van der Waals surface area contributed by atoms with Gasteiger partial charge in [0, 0.05) is 18.3 Å². The molecule has 1 aromatic carbocycles. The molecule has 1 unspecified atom stereocenters. The zero-order valence-electron chi connectivity index (χ0n) is 15.8. The number of carbonyl (C=O) groups is 1. The Morgan fingerprint density at radius 2 is 1.86 bits per heavy atom. The number of aryl methyl sites for hydroxylation is 2. The smallest absolute Gasteiger partial charge is 0.381 e. The number of ether oxygens (including phenoxy) is 1. The van der Waals surface area contributed by atoms with E-state index in [4.69, 9.17) is 15.6 Å². The molecule has 9 heteroatoms. The number of hydrogen-bond donors (Lipinski definition) is 4. The third-order valence-electron chi connectivity index (χ3n) is 5.47. The Bertz CT molecular complexity index is 973. The Balaban J connectivity index is 1.64. The predicted octanol–water partition coefficient (Wildman–Crippen LogP) is 0.237. The molecule has 4 rings (SSSR count). The average Bonchev–Trinajstić information content (AvgIpc) is 3.31. The van der Waals surface area contributed by atoms with Crippen LogP contribution in [0.25, 0.3) is 0 Å². The Morgan fingerprint density at radius 3 is 2.43 bits per heavy atom. The molecule has 1 aromatic rings. The van der Waals surface area contributed by atoms with E-state index in [1.165, 1.54) is 22.3 Å². The van der Waals surface area contributed by atoms with Gasteiger partial charge in [0.1, 0.15) is 13.2 Å². The van der Waals surface area contributed by atoms with Crippen LogP contribution < -0.4 is 21.2 Å². The second-order valence-corrected chi connectivity index (χ2v) is 9.07. The van der Waals surface area contributed by atoms with Crippen LogP contribution in [0.1, 0.15) is 41.5 Å². The standard InChI is InChI=1S/C19H25N5O3S/c20-11-16(18-22-8-3-9-27-18)28(21,26)24-19(25)23-17-14-6-1-4-12(14)10-13-5-2-7-15(13)17/h10-11H,1-9,20H2,(H3,21,23,24,25,26)/p+1/b16-11+. The van der Waals surface area contributed by atoms with Gasteiger partial charge in [-0.05, 0) is 60.8 Å². The molecule has 8 nitrogen and oxygen atoms in total. The van der Waals surface area contributed by atoms with Crippen LogP contribution in [-0.4, -0.2) is 29.3 Å². The van der Waals surface area contributed by atoms with E-state index >= 15 is 0 Å². The highest BCUT2D eigenvalue weighted by atomic mass is 32.2. The van der Waals surface area contributed by atoms with Gasteiger partial charge in [-0.1, -0.05) is 6.07 Å². The van der Waals surface area contributed by atoms with E-state index in [1.807, 2.05) is 0 Å². The molecule has 150 valence electrons. The summed E-state index contributed by atoms with van der Waals surface area (Å²) in [5, 5.41) is 8.77. The number of nitrogens with zero attached hydrogens (tertiary/aromatic N) is 1. The molecule has 0 spiro atoms. The van der Waals surface area contributed by atoms with Crippen LogP contribution in [-0.2, 0) is 40.3 Å². The number of amides is 2. The minimum Gasteiger partial charge on any atom is -0.443 e. The third kappa shape index (κ3) is 3.51. The fourth-order valence-electron chi connectivity index (χ4n) is 4.23. The fourth-order valence-corrected chi connectivity index (χ4v) is 5.21. The second kappa shape index (κ2) is 7.56. The van der Waals surface area contributed by atoms with Crippen LogP contribution in [0, 0.1) is 0 Å². The van der Waals surface area contributed by atoms with Gasteiger partial charge in [0.2, 0.25) is 0 Å². The minimum absolute atomic E-state index is 0.00543. The van der Waals surface area contributed by atoms with Crippen LogP contribution in [0.2, 0.25) is 0 Å². The summed E-state index contributed by atoms with van der Waals surface area (Å²) in [6, 6.07) is 1.55. The van der Waals surface area contributed by atoms with Crippen LogP contribution >= 0.6 is 0 Å². The summed E-state index contributed by atoms with van der Waals surface area (Å²) in [5.41, 5.74) is 11.4. The number of fused-ring (bicyclic) bond motifs is 2. The number of benzene rings is 1. The monoisotopic (exact) mass is 404 g/mol. The van der Waals surface area contributed by atoms with Gasteiger partial charge >= 0.3 is 11.9 Å². The zero-order chi connectivity index (χ0) is 19.7. The van der Waals surface area contributed by atoms with E-state index in [1.54, 1.807) is 0 Å². The van der Waals surface area contributed by atoms with Crippen molar-refractivity contribution in [3.05, 3.63) is 39.4 Å². The number of urea groups is 1. The lowest BCUT2D eigenvalue weighted by atomic mass is 9.99. The van der Waals surface area contributed by atoms with Crippen molar-refractivity contribution in [1.29, 1.82) is 0 Å². The van der Waals surface area contributed by atoms with E-state index in [-0.39, 0.29) is 10.8 Å². The number of rotatable bonds is 3. The third-order valence-corrected chi connectivity index (χ3v) is 6.86. The molecule has 0 aromatic heterocycles. The summed E-state index contributed by atoms with van der Waals surface area (Å²) >= 11 is 0. The molecule has 2 amide bonds. The largest absolute Gasteiger partial charge is 0.443 e. The van der Waals surface area contributed by atoms with Crippen molar-refractivity contribution in [2.45, 2.75) is 44.9 Å². The molecule has 1 atom stereocenters. The highest BCUT2D eigenvalue weighted by Gasteiger charge is 2.29. The molecule has 2 aliphatic carbocycles. The van der Waals surface area contributed by atoms with E-state index < -0.39 is 15.9 Å². The van der Waals surface area contributed by atoms with Gasteiger partial charge in [-0.3, -0.25) is 0 Å². The quantitative estimate of drug-likeness (QED) is 0.574. The molecule has 1 heterocycles. The first kappa shape index (κ1) is 18.9. The van der Waals surface area contributed by atoms with Gasteiger partial charge in [-0.15, -0.1) is 4.36 Å². The predicted molar refractivity (Wildman–Crippen MR) is 108 cm³/mol. The van der Waals surface area contributed by atoms with Crippen molar-refractivity contribution in [2.24, 2.45) is 15.2 Å². The van der Waals surface area contributed by atoms with Crippen molar-refractivity contribution in [3.8, 4) is 0 Å². The summed E-state index contributed by atoms with van der Waals surface area (Å²) in [6.45, 7) is 1.11. The van der Waals surface area contributed by atoms with Crippen LogP contribution in [0.5, 0.6) is 0 Å². The molecular formula is C19H26N5O3S+. The number of hydrogen-bond acceptors (Lipinski definition) is 4. The van der Waals surface area contributed by atoms with Crippen molar-refractivity contribution in [1.82, 2.24) is 0 Å².